The maximum Gasteiger partial charge on any atom is 0.275 e. The molecule has 31 heavy (non-hydrogen) atoms. The topological polar surface area (TPSA) is 61.1 Å². The van der Waals surface area contributed by atoms with Crippen LogP contribution in [0, 0.1) is 18.6 Å². The molecule has 0 saturated heterocycles. The normalized spacial score (nSPS) is 12.9. The molecule has 4 rings (SSSR count). The molecule has 0 N–H and O–H groups in total. The van der Waals surface area contributed by atoms with E-state index in [1.165, 1.54) is 54.3 Å². The average Bonchev–Trinajstić information content (AvgIpc) is 3.19. The van der Waals surface area contributed by atoms with E-state index in [9.17, 15) is 22.0 Å². The van der Waals surface area contributed by atoms with Crippen LogP contribution >= 0.6 is 0 Å². The minimum absolute atomic E-state index is 0.0377. The van der Waals surface area contributed by atoms with Crippen LogP contribution in [0.3, 0.4) is 0 Å². The Labute approximate surface area is 178 Å². The Morgan fingerprint density at radius 1 is 0.968 bits per heavy atom. The van der Waals surface area contributed by atoms with Crippen molar-refractivity contribution in [2.75, 3.05) is 0 Å². The van der Waals surface area contributed by atoms with Gasteiger partial charge in [-0.25, -0.2) is 21.2 Å². The third-order valence-electron chi connectivity index (χ3n) is 5.51. The lowest BCUT2D eigenvalue weighted by atomic mass is 9.91. The van der Waals surface area contributed by atoms with Gasteiger partial charge in [-0.1, -0.05) is 36.8 Å². The van der Waals surface area contributed by atoms with Crippen LogP contribution in [0.15, 0.2) is 70.6 Å². The number of halogens is 2. The van der Waals surface area contributed by atoms with Gasteiger partial charge < -0.3 is 4.57 Å². The first-order chi connectivity index (χ1) is 14.6. The number of rotatable bonds is 4. The second-order valence-electron chi connectivity index (χ2n) is 7.56. The lowest BCUT2D eigenvalue weighted by Gasteiger charge is -2.17. The summed E-state index contributed by atoms with van der Waals surface area (Å²) >= 11 is 0. The van der Waals surface area contributed by atoms with Gasteiger partial charge in [0.25, 0.3) is 15.6 Å². The Balaban J connectivity index is 1.97. The summed E-state index contributed by atoms with van der Waals surface area (Å²) in [4.78, 5) is 13.0. The minimum atomic E-state index is -4.03. The summed E-state index contributed by atoms with van der Waals surface area (Å²) in [7, 11) is -2.54. The van der Waals surface area contributed by atoms with Gasteiger partial charge in [-0.3, -0.25) is 4.79 Å². The zero-order valence-electron chi connectivity index (χ0n) is 17.1. The van der Waals surface area contributed by atoms with Gasteiger partial charge in [0.1, 0.15) is 5.52 Å². The zero-order valence-corrected chi connectivity index (χ0v) is 18.0. The number of nitrogens with zero attached hydrogens (tertiary/aromatic N) is 2. The van der Waals surface area contributed by atoms with E-state index in [0.717, 1.165) is 15.6 Å². The first kappa shape index (κ1) is 21.0. The maximum atomic E-state index is 14.4. The SMILES string of the molecule is Cc1ccc(S(=O)(=O)n2ccc3c(C(C)c4cccc(F)c4F)cn(C)c(=O)c32)cc1. The van der Waals surface area contributed by atoms with E-state index in [0.29, 0.717) is 10.9 Å². The molecule has 1 unspecified atom stereocenters. The molecule has 0 fully saturated rings. The van der Waals surface area contributed by atoms with Gasteiger partial charge >= 0.3 is 0 Å². The Morgan fingerprint density at radius 2 is 1.65 bits per heavy atom. The van der Waals surface area contributed by atoms with Crippen LogP contribution in [-0.4, -0.2) is 17.0 Å². The van der Waals surface area contributed by atoms with Crippen molar-refractivity contribution in [3.63, 3.8) is 0 Å². The highest BCUT2D eigenvalue weighted by Crippen LogP contribution is 2.32. The van der Waals surface area contributed by atoms with Gasteiger partial charge in [-0.05, 0) is 42.3 Å². The number of aryl methyl sites for hydroxylation is 2. The quantitative estimate of drug-likeness (QED) is 0.473. The summed E-state index contributed by atoms with van der Waals surface area (Å²) in [5.74, 6) is -2.56. The molecule has 0 amide bonds. The number of fused-ring (bicyclic) bond motifs is 1. The predicted molar refractivity (Wildman–Crippen MR) is 115 cm³/mol. The highest BCUT2D eigenvalue weighted by molar-refractivity contribution is 7.90. The van der Waals surface area contributed by atoms with Gasteiger partial charge in [0, 0.05) is 30.7 Å². The van der Waals surface area contributed by atoms with Gasteiger partial charge in [0.05, 0.1) is 4.90 Å². The van der Waals surface area contributed by atoms with Crippen molar-refractivity contribution in [1.29, 1.82) is 0 Å². The molecule has 2 aromatic heterocycles. The molecule has 1 atom stereocenters. The fourth-order valence-corrected chi connectivity index (χ4v) is 5.10. The van der Waals surface area contributed by atoms with Crippen molar-refractivity contribution in [2.24, 2.45) is 7.05 Å². The number of pyridine rings is 1. The van der Waals surface area contributed by atoms with Crippen molar-refractivity contribution in [1.82, 2.24) is 8.54 Å². The first-order valence-corrected chi connectivity index (χ1v) is 11.0. The van der Waals surface area contributed by atoms with Gasteiger partial charge in [-0.15, -0.1) is 0 Å². The fraction of sp³-hybridized carbons (Fsp3) is 0.174. The van der Waals surface area contributed by atoms with Crippen molar-refractivity contribution < 1.29 is 17.2 Å². The first-order valence-electron chi connectivity index (χ1n) is 9.59. The molecule has 2 aromatic carbocycles. The predicted octanol–water partition coefficient (Wildman–Crippen LogP) is 4.32. The molecule has 4 aromatic rings. The third-order valence-corrected chi connectivity index (χ3v) is 7.20. The summed E-state index contributed by atoms with van der Waals surface area (Å²) < 4.78 is 56.9. The Bertz CT molecular complexity index is 1470. The Hall–Kier alpha value is -3.26. The number of aromatic nitrogens is 2. The van der Waals surface area contributed by atoms with E-state index < -0.39 is 33.1 Å². The van der Waals surface area contributed by atoms with Crippen molar-refractivity contribution >= 4 is 20.9 Å². The van der Waals surface area contributed by atoms with E-state index in [4.69, 9.17) is 0 Å². The second kappa shape index (κ2) is 7.46. The largest absolute Gasteiger partial charge is 0.316 e. The van der Waals surface area contributed by atoms with Crippen LogP contribution in [0.25, 0.3) is 10.9 Å². The van der Waals surface area contributed by atoms with Crippen LogP contribution in [0.4, 0.5) is 8.78 Å². The molecule has 0 radical (unpaired) electrons. The molecule has 0 aliphatic rings. The molecular formula is C23H20F2N2O3S. The summed E-state index contributed by atoms with van der Waals surface area (Å²) in [6.45, 7) is 3.53. The van der Waals surface area contributed by atoms with Gasteiger partial charge in [0.15, 0.2) is 11.6 Å². The van der Waals surface area contributed by atoms with Crippen molar-refractivity contribution in [3.05, 3.63) is 99.6 Å². The number of benzene rings is 2. The van der Waals surface area contributed by atoms with Crippen LogP contribution in [-0.2, 0) is 17.1 Å². The molecule has 0 aliphatic carbocycles. The van der Waals surface area contributed by atoms with Crippen molar-refractivity contribution in [3.8, 4) is 0 Å². The fourth-order valence-electron chi connectivity index (χ4n) is 3.75. The molecule has 0 bridgehead atoms. The van der Waals surface area contributed by atoms with Gasteiger partial charge in [0.2, 0.25) is 0 Å². The van der Waals surface area contributed by atoms with E-state index >= 15 is 0 Å². The summed E-state index contributed by atoms with van der Waals surface area (Å²) in [5.41, 5.74) is 0.990. The van der Waals surface area contributed by atoms with Crippen molar-refractivity contribution in [2.45, 2.75) is 24.7 Å². The lowest BCUT2D eigenvalue weighted by molar-refractivity contribution is 0.496. The maximum absolute atomic E-state index is 14.4. The Morgan fingerprint density at radius 3 is 2.32 bits per heavy atom. The lowest BCUT2D eigenvalue weighted by Crippen LogP contribution is -2.23. The Kier molecular flexibility index (Phi) is 5.05. The zero-order chi connectivity index (χ0) is 22.5. The smallest absolute Gasteiger partial charge is 0.275 e. The number of hydrogen-bond acceptors (Lipinski definition) is 3. The molecule has 0 spiro atoms. The molecular weight excluding hydrogens is 422 g/mol. The summed E-state index contributed by atoms with van der Waals surface area (Å²) in [6.07, 6.45) is 2.85. The molecule has 0 saturated carbocycles. The van der Waals surface area contributed by atoms with Crippen LogP contribution in [0.5, 0.6) is 0 Å². The third kappa shape index (κ3) is 3.37. The van der Waals surface area contributed by atoms with E-state index in [-0.39, 0.29) is 16.0 Å². The molecule has 5 nitrogen and oxygen atoms in total. The minimum Gasteiger partial charge on any atom is -0.316 e. The highest BCUT2D eigenvalue weighted by Gasteiger charge is 2.25. The van der Waals surface area contributed by atoms with Gasteiger partial charge in [-0.2, -0.15) is 0 Å². The summed E-state index contributed by atoms with van der Waals surface area (Å²) in [5, 5.41) is 0.370. The molecule has 8 heteroatoms. The highest BCUT2D eigenvalue weighted by atomic mass is 32.2. The monoisotopic (exact) mass is 442 g/mol. The summed E-state index contributed by atoms with van der Waals surface area (Å²) in [6, 6.07) is 11.8. The molecule has 0 aliphatic heterocycles. The number of hydrogen-bond donors (Lipinski definition) is 0. The van der Waals surface area contributed by atoms with Crippen LogP contribution in [0.1, 0.15) is 29.5 Å². The van der Waals surface area contributed by atoms with Crippen LogP contribution < -0.4 is 5.56 Å². The van der Waals surface area contributed by atoms with E-state index in [1.54, 1.807) is 19.1 Å². The average molecular weight is 442 g/mol. The van der Waals surface area contributed by atoms with E-state index in [2.05, 4.69) is 0 Å². The molecule has 2 heterocycles. The van der Waals surface area contributed by atoms with Crippen LogP contribution in [0.2, 0.25) is 0 Å². The van der Waals surface area contributed by atoms with E-state index in [1.807, 2.05) is 6.92 Å². The second-order valence-corrected chi connectivity index (χ2v) is 9.37. The standard InChI is InChI=1S/C23H20F2N2O3S/c1-14-7-9-16(10-8-14)31(29,30)27-12-11-18-19(13-26(3)23(28)22(18)27)15(2)17-5-4-6-20(24)21(17)25/h4-13,15H,1-3H3. The molecule has 160 valence electrons.